The lowest BCUT2D eigenvalue weighted by molar-refractivity contribution is -0.0891. The maximum absolute atomic E-state index is 11.0. The van der Waals surface area contributed by atoms with Crippen molar-refractivity contribution < 1.29 is 28.9 Å². The van der Waals surface area contributed by atoms with Crippen LogP contribution in [-0.4, -0.2) is 35.0 Å². The summed E-state index contributed by atoms with van der Waals surface area (Å²) >= 11 is 0. The Bertz CT molecular complexity index is 872. The molecule has 0 radical (unpaired) electrons. The highest BCUT2D eigenvalue weighted by Crippen LogP contribution is 2.46. The summed E-state index contributed by atoms with van der Waals surface area (Å²) < 4.78 is 17.6. The number of aliphatic hydroxyl groups excluding tert-OH is 1. The molecule has 2 aromatic rings. The highest BCUT2D eigenvalue weighted by Gasteiger charge is 2.47. The van der Waals surface area contributed by atoms with Crippen molar-refractivity contribution >= 4 is 5.97 Å². The van der Waals surface area contributed by atoms with E-state index in [9.17, 15) is 9.90 Å². The van der Waals surface area contributed by atoms with Crippen molar-refractivity contribution in [3.05, 3.63) is 53.0 Å². The van der Waals surface area contributed by atoms with Gasteiger partial charge in [-0.2, -0.15) is 0 Å². The van der Waals surface area contributed by atoms with Gasteiger partial charge in [0.25, 0.3) is 0 Å². The van der Waals surface area contributed by atoms with Crippen molar-refractivity contribution in [3.63, 3.8) is 0 Å². The number of carboxylic acids is 1. The number of fused-ring (bicyclic) bond motifs is 1. The molecular weight excluding hydrogens is 372 g/mol. The molecule has 0 bridgehead atoms. The summed E-state index contributed by atoms with van der Waals surface area (Å²) in [7, 11) is 0. The molecular formula is C23H28O6. The molecule has 1 aromatic carbocycles. The summed E-state index contributed by atoms with van der Waals surface area (Å²) in [4.78, 5) is 11.0. The number of aliphatic hydroxyl groups is 1. The Labute approximate surface area is 170 Å². The van der Waals surface area contributed by atoms with E-state index < -0.39 is 12.1 Å². The molecule has 2 aliphatic rings. The fraction of sp³-hybridized carbons (Fsp3) is 0.522. The fourth-order valence-corrected chi connectivity index (χ4v) is 4.76. The third-order valence-electron chi connectivity index (χ3n) is 6.39. The van der Waals surface area contributed by atoms with Gasteiger partial charge in [0.1, 0.15) is 17.6 Å². The fourth-order valence-electron chi connectivity index (χ4n) is 4.76. The maximum atomic E-state index is 11.0. The number of aromatic carboxylic acids is 1. The van der Waals surface area contributed by atoms with E-state index in [2.05, 4.69) is 26.0 Å². The van der Waals surface area contributed by atoms with Crippen LogP contribution in [0.3, 0.4) is 0 Å². The zero-order valence-electron chi connectivity index (χ0n) is 16.8. The third-order valence-corrected chi connectivity index (χ3v) is 6.39. The van der Waals surface area contributed by atoms with Gasteiger partial charge in [0.05, 0.1) is 18.8 Å². The molecule has 156 valence electrons. The normalized spacial score (nSPS) is 28.9. The molecule has 0 unspecified atom stereocenters. The van der Waals surface area contributed by atoms with E-state index in [1.807, 2.05) is 6.07 Å². The minimum absolute atomic E-state index is 0.0262. The van der Waals surface area contributed by atoms with Crippen LogP contribution < -0.4 is 4.74 Å². The number of carbonyl (C=O) groups is 1. The van der Waals surface area contributed by atoms with E-state index in [0.717, 1.165) is 25.0 Å². The molecule has 0 amide bonds. The number of hydrogen-bond donors (Lipinski definition) is 2. The second-order valence-corrected chi connectivity index (χ2v) is 8.13. The lowest BCUT2D eigenvalue weighted by atomic mass is 9.86. The molecule has 0 spiro atoms. The van der Waals surface area contributed by atoms with Gasteiger partial charge in [-0.3, -0.25) is 0 Å². The predicted molar refractivity (Wildman–Crippen MR) is 106 cm³/mol. The summed E-state index contributed by atoms with van der Waals surface area (Å²) in [6, 6.07) is 9.28. The Morgan fingerprint density at radius 1 is 1.24 bits per heavy atom. The van der Waals surface area contributed by atoms with Crippen LogP contribution in [0.1, 0.15) is 59.7 Å². The van der Waals surface area contributed by atoms with Crippen molar-refractivity contribution in [2.45, 2.75) is 57.8 Å². The molecule has 5 atom stereocenters. The van der Waals surface area contributed by atoms with Crippen LogP contribution in [0, 0.1) is 18.8 Å². The van der Waals surface area contributed by atoms with Crippen LogP contribution in [0.4, 0.5) is 0 Å². The zero-order chi connectivity index (χ0) is 20.5. The van der Waals surface area contributed by atoms with E-state index in [-0.39, 0.29) is 29.8 Å². The van der Waals surface area contributed by atoms with Gasteiger partial charge in [-0.15, -0.1) is 0 Å². The summed E-state index contributed by atoms with van der Waals surface area (Å²) in [6.45, 7) is 4.69. The van der Waals surface area contributed by atoms with Crippen molar-refractivity contribution in [2.24, 2.45) is 11.8 Å². The highest BCUT2D eigenvalue weighted by atomic mass is 16.5. The van der Waals surface area contributed by atoms with Crippen LogP contribution in [0.25, 0.3) is 0 Å². The van der Waals surface area contributed by atoms with Gasteiger partial charge in [0.15, 0.2) is 0 Å². The summed E-state index contributed by atoms with van der Waals surface area (Å²) in [6.07, 6.45) is 2.39. The van der Waals surface area contributed by atoms with Crippen molar-refractivity contribution in [1.29, 1.82) is 0 Å². The number of furan rings is 1. The van der Waals surface area contributed by atoms with Gasteiger partial charge < -0.3 is 24.1 Å². The molecule has 1 aliphatic heterocycles. The third kappa shape index (κ3) is 4.05. The average molecular weight is 400 g/mol. The Morgan fingerprint density at radius 3 is 2.76 bits per heavy atom. The molecule has 1 aliphatic carbocycles. The summed E-state index contributed by atoms with van der Waals surface area (Å²) in [5.41, 5.74) is 2.53. The Balaban J connectivity index is 1.38. The Hall–Kier alpha value is -2.31. The minimum atomic E-state index is -1.08. The number of hydrogen-bond acceptors (Lipinski definition) is 5. The molecule has 2 fully saturated rings. The molecule has 1 saturated heterocycles. The smallest absolute Gasteiger partial charge is 0.371 e. The number of ether oxygens (including phenoxy) is 2. The van der Waals surface area contributed by atoms with Gasteiger partial charge in [-0.25, -0.2) is 4.79 Å². The second kappa shape index (κ2) is 8.20. The molecule has 6 nitrogen and oxygen atoms in total. The standard InChI is InChI=1S/C23H28O6/c1-3-14-4-5-15(10-13(14)2)27-12-17-16-6-7-19(29-22(16)11-18(17)24)20-8-9-21(28-20)23(25)26/h4-5,8-10,16-19,22,24H,3,6-7,11-12H2,1-2H3,(H,25,26)/t16-,17-,18+,19-,22+/m1/s1. The molecule has 1 saturated carbocycles. The van der Waals surface area contributed by atoms with Gasteiger partial charge in [0.2, 0.25) is 5.76 Å². The first-order chi connectivity index (χ1) is 14.0. The summed E-state index contributed by atoms with van der Waals surface area (Å²) in [5, 5.41) is 19.6. The maximum Gasteiger partial charge on any atom is 0.371 e. The molecule has 1 aromatic heterocycles. The van der Waals surface area contributed by atoms with E-state index in [0.29, 0.717) is 18.8 Å². The first kappa shape index (κ1) is 20.0. The van der Waals surface area contributed by atoms with E-state index >= 15 is 0 Å². The van der Waals surface area contributed by atoms with Crippen molar-refractivity contribution in [1.82, 2.24) is 0 Å². The van der Waals surface area contributed by atoms with Gasteiger partial charge in [0, 0.05) is 12.3 Å². The number of aryl methyl sites for hydroxylation is 2. The van der Waals surface area contributed by atoms with E-state index in [1.165, 1.54) is 17.2 Å². The highest BCUT2D eigenvalue weighted by molar-refractivity contribution is 5.84. The number of rotatable bonds is 6. The quantitative estimate of drug-likeness (QED) is 0.757. The van der Waals surface area contributed by atoms with Crippen LogP contribution in [-0.2, 0) is 11.2 Å². The molecule has 6 heteroatoms. The largest absolute Gasteiger partial charge is 0.493 e. The van der Waals surface area contributed by atoms with E-state index in [4.69, 9.17) is 19.0 Å². The molecule has 2 heterocycles. The Kier molecular flexibility index (Phi) is 5.65. The predicted octanol–water partition coefficient (Wildman–Crippen LogP) is 4.14. The lowest BCUT2D eigenvalue weighted by Crippen LogP contribution is -2.33. The van der Waals surface area contributed by atoms with Crippen molar-refractivity contribution in [2.75, 3.05) is 6.61 Å². The number of carboxylic acid groups (broad SMARTS) is 1. The first-order valence-corrected chi connectivity index (χ1v) is 10.3. The van der Waals surface area contributed by atoms with Crippen LogP contribution in [0.15, 0.2) is 34.7 Å². The topological polar surface area (TPSA) is 89.1 Å². The molecule has 4 rings (SSSR count). The van der Waals surface area contributed by atoms with Gasteiger partial charge >= 0.3 is 5.97 Å². The molecule has 2 N–H and O–H groups in total. The minimum Gasteiger partial charge on any atom is -0.493 e. The Morgan fingerprint density at radius 2 is 2.07 bits per heavy atom. The van der Waals surface area contributed by atoms with Gasteiger partial charge in [-0.05, 0) is 67.5 Å². The van der Waals surface area contributed by atoms with Crippen LogP contribution in [0.2, 0.25) is 0 Å². The van der Waals surface area contributed by atoms with E-state index in [1.54, 1.807) is 6.07 Å². The monoisotopic (exact) mass is 400 g/mol. The SMILES string of the molecule is CCc1ccc(OC[C@@H]2[C@H]3CC[C@H](c4ccc(C(=O)O)o4)O[C@H]3C[C@@H]2O)cc1C. The lowest BCUT2D eigenvalue weighted by Gasteiger charge is -2.33. The summed E-state index contributed by atoms with van der Waals surface area (Å²) in [5.74, 6) is 0.473. The zero-order valence-corrected chi connectivity index (χ0v) is 16.8. The number of benzene rings is 1. The molecule has 29 heavy (non-hydrogen) atoms. The van der Waals surface area contributed by atoms with Crippen molar-refractivity contribution in [3.8, 4) is 5.75 Å². The van der Waals surface area contributed by atoms with Crippen LogP contribution >= 0.6 is 0 Å². The average Bonchev–Trinajstić information content (AvgIpc) is 3.30. The first-order valence-electron chi connectivity index (χ1n) is 10.3. The second-order valence-electron chi connectivity index (χ2n) is 8.13. The van der Waals surface area contributed by atoms with Crippen LogP contribution in [0.5, 0.6) is 5.75 Å². The van der Waals surface area contributed by atoms with Gasteiger partial charge in [-0.1, -0.05) is 13.0 Å².